The van der Waals surface area contributed by atoms with Crippen molar-refractivity contribution in [3.05, 3.63) is 34.9 Å². The zero-order valence-corrected chi connectivity index (χ0v) is 9.75. The van der Waals surface area contributed by atoms with Gasteiger partial charge in [0, 0.05) is 0 Å². The van der Waals surface area contributed by atoms with Crippen LogP contribution < -0.4 is 4.74 Å². The summed E-state index contributed by atoms with van der Waals surface area (Å²) in [5.74, 6) is 0.892. The fourth-order valence-corrected chi connectivity index (χ4v) is 2.34. The van der Waals surface area contributed by atoms with Gasteiger partial charge in [0.15, 0.2) is 0 Å². The summed E-state index contributed by atoms with van der Waals surface area (Å²) in [6, 6.07) is 6.10. The molecule has 0 N–H and O–H groups in total. The summed E-state index contributed by atoms with van der Waals surface area (Å²) in [6.07, 6.45) is 3.70. The number of aryl methyl sites for hydroxylation is 1. The van der Waals surface area contributed by atoms with Gasteiger partial charge in [-0.05, 0) is 53.7 Å². The zero-order valence-electron chi connectivity index (χ0n) is 9.75. The Balaban J connectivity index is 2.52. The molecule has 1 aromatic carbocycles. The van der Waals surface area contributed by atoms with Crippen LogP contribution >= 0.6 is 0 Å². The third-order valence-electron chi connectivity index (χ3n) is 3.18. The van der Waals surface area contributed by atoms with E-state index in [2.05, 4.69) is 19.1 Å². The van der Waals surface area contributed by atoms with Crippen LogP contribution in [0.4, 0.5) is 0 Å². The molecule has 84 valence electrons. The Morgan fingerprint density at radius 3 is 2.81 bits per heavy atom. The molecule has 1 aromatic rings. The maximum atomic E-state index is 11.0. The molecule has 0 fully saturated rings. The Bertz CT molecular complexity index is 444. The lowest BCUT2D eigenvalue weighted by Crippen LogP contribution is -2.06. The first kappa shape index (κ1) is 10.9. The number of hydrogen-bond acceptors (Lipinski definition) is 2. The number of carbonyl (C=O) groups excluding carboxylic acids is 1. The summed E-state index contributed by atoms with van der Waals surface area (Å²) in [6.45, 7) is 2.10. The first-order valence-corrected chi connectivity index (χ1v) is 5.64. The van der Waals surface area contributed by atoms with E-state index in [0.717, 1.165) is 36.9 Å². The second kappa shape index (κ2) is 4.52. The minimum atomic E-state index is 0.854. The number of hydrogen-bond donors (Lipinski definition) is 0. The molecule has 2 heteroatoms. The average molecular weight is 216 g/mol. The van der Waals surface area contributed by atoms with Crippen LogP contribution in [0.1, 0.15) is 30.9 Å². The molecule has 16 heavy (non-hydrogen) atoms. The van der Waals surface area contributed by atoms with Crippen molar-refractivity contribution in [3.8, 4) is 5.75 Å². The van der Waals surface area contributed by atoms with Crippen LogP contribution in [0, 0.1) is 0 Å². The molecule has 0 aliphatic heterocycles. The van der Waals surface area contributed by atoms with E-state index < -0.39 is 0 Å². The van der Waals surface area contributed by atoms with Crippen molar-refractivity contribution in [2.75, 3.05) is 7.11 Å². The molecule has 0 atom stereocenters. The summed E-state index contributed by atoms with van der Waals surface area (Å²) in [5.41, 5.74) is 4.66. The lowest BCUT2D eigenvalue weighted by Gasteiger charge is -2.20. The summed E-state index contributed by atoms with van der Waals surface area (Å²) in [7, 11) is 1.68. The quantitative estimate of drug-likeness (QED) is 0.726. The van der Waals surface area contributed by atoms with Crippen molar-refractivity contribution < 1.29 is 9.53 Å². The number of allylic oxidation sites excluding steroid dienone is 2. The Kier molecular flexibility index (Phi) is 3.09. The molecule has 1 aliphatic carbocycles. The molecular weight excluding hydrogens is 200 g/mol. The monoisotopic (exact) mass is 216 g/mol. The van der Waals surface area contributed by atoms with E-state index in [0.29, 0.717) is 0 Å². The largest absolute Gasteiger partial charge is 0.497 e. The number of fused-ring (bicyclic) bond motifs is 1. The average Bonchev–Trinajstić information content (AvgIpc) is 2.36. The van der Waals surface area contributed by atoms with Crippen LogP contribution in [0.5, 0.6) is 5.75 Å². The molecule has 0 heterocycles. The third kappa shape index (κ3) is 1.75. The predicted molar refractivity (Wildman–Crippen MR) is 64.6 cm³/mol. The molecule has 0 amide bonds. The first-order valence-electron chi connectivity index (χ1n) is 5.64. The van der Waals surface area contributed by atoms with Crippen LogP contribution in [0.25, 0.3) is 5.57 Å². The topological polar surface area (TPSA) is 26.3 Å². The van der Waals surface area contributed by atoms with E-state index in [4.69, 9.17) is 4.74 Å². The fourth-order valence-electron chi connectivity index (χ4n) is 2.34. The zero-order chi connectivity index (χ0) is 11.5. The maximum Gasteiger partial charge on any atom is 0.146 e. The van der Waals surface area contributed by atoms with E-state index in [9.17, 15) is 4.79 Å². The molecule has 0 radical (unpaired) electrons. The highest BCUT2D eigenvalue weighted by Crippen LogP contribution is 2.34. The Morgan fingerprint density at radius 2 is 2.19 bits per heavy atom. The van der Waals surface area contributed by atoms with Gasteiger partial charge >= 0.3 is 0 Å². The minimum absolute atomic E-state index is 0.854. The summed E-state index contributed by atoms with van der Waals surface area (Å²) in [5, 5.41) is 0. The van der Waals surface area contributed by atoms with E-state index in [1.807, 2.05) is 6.07 Å². The van der Waals surface area contributed by atoms with Crippen molar-refractivity contribution in [3.63, 3.8) is 0 Å². The Hall–Kier alpha value is -1.57. The maximum absolute atomic E-state index is 11.0. The molecule has 2 nitrogen and oxygen atoms in total. The summed E-state index contributed by atoms with van der Waals surface area (Å²) >= 11 is 0. The van der Waals surface area contributed by atoms with Gasteiger partial charge in [-0.2, -0.15) is 0 Å². The van der Waals surface area contributed by atoms with Crippen LogP contribution in [0.15, 0.2) is 23.8 Å². The highest BCUT2D eigenvalue weighted by Gasteiger charge is 2.17. The normalized spacial score (nSPS) is 14.6. The molecule has 0 aromatic heterocycles. The van der Waals surface area contributed by atoms with E-state index in [1.54, 1.807) is 7.11 Å². The van der Waals surface area contributed by atoms with E-state index >= 15 is 0 Å². The second-order valence-electron chi connectivity index (χ2n) is 4.00. The minimum Gasteiger partial charge on any atom is -0.497 e. The molecule has 0 unspecified atom stereocenters. The molecular formula is C14H16O2. The number of benzene rings is 1. The van der Waals surface area contributed by atoms with Gasteiger partial charge < -0.3 is 4.74 Å². The Morgan fingerprint density at radius 1 is 1.38 bits per heavy atom. The molecule has 1 aliphatic rings. The van der Waals surface area contributed by atoms with Gasteiger partial charge in [0.05, 0.1) is 7.11 Å². The van der Waals surface area contributed by atoms with Crippen molar-refractivity contribution in [1.29, 1.82) is 0 Å². The van der Waals surface area contributed by atoms with E-state index in [1.165, 1.54) is 16.7 Å². The van der Waals surface area contributed by atoms with E-state index in [-0.39, 0.29) is 0 Å². The SMILES string of the molecule is CCC1=C(C=O)CCc2cc(OC)ccc21. The molecule has 0 spiro atoms. The highest BCUT2D eigenvalue weighted by atomic mass is 16.5. The molecule has 0 saturated heterocycles. The smallest absolute Gasteiger partial charge is 0.146 e. The van der Waals surface area contributed by atoms with Gasteiger partial charge in [-0.25, -0.2) is 0 Å². The van der Waals surface area contributed by atoms with Crippen molar-refractivity contribution >= 4 is 11.9 Å². The van der Waals surface area contributed by atoms with Gasteiger partial charge in [0.2, 0.25) is 0 Å². The number of aldehydes is 1. The number of rotatable bonds is 3. The van der Waals surface area contributed by atoms with Crippen molar-refractivity contribution in [1.82, 2.24) is 0 Å². The van der Waals surface area contributed by atoms with Crippen LogP contribution in [-0.4, -0.2) is 13.4 Å². The highest BCUT2D eigenvalue weighted by molar-refractivity contribution is 5.90. The lowest BCUT2D eigenvalue weighted by molar-refractivity contribution is -0.105. The molecule has 0 saturated carbocycles. The standard InChI is InChI=1S/C14H16O2/c1-3-13-11(9-15)5-4-10-8-12(16-2)6-7-14(10)13/h6-9H,3-5H2,1-2H3. The fraction of sp³-hybridized carbons (Fsp3) is 0.357. The summed E-state index contributed by atoms with van der Waals surface area (Å²) < 4.78 is 5.22. The van der Waals surface area contributed by atoms with Gasteiger partial charge in [0.1, 0.15) is 12.0 Å². The first-order chi connectivity index (χ1) is 7.80. The number of ether oxygens (including phenoxy) is 1. The number of methoxy groups -OCH3 is 1. The lowest BCUT2D eigenvalue weighted by atomic mass is 9.85. The van der Waals surface area contributed by atoms with Crippen molar-refractivity contribution in [2.45, 2.75) is 26.2 Å². The van der Waals surface area contributed by atoms with Gasteiger partial charge in [-0.3, -0.25) is 4.79 Å². The third-order valence-corrected chi connectivity index (χ3v) is 3.18. The predicted octanol–water partition coefficient (Wildman–Crippen LogP) is 3.00. The Labute approximate surface area is 95.9 Å². The van der Waals surface area contributed by atoms with Gasteiger partial charge in [0.25, 0.3) is 0 Å². The van der Waals surface area contributed by atoms with Gasteiger partial charge in [-0.15, -0.1) is 0 Å². The van der Waals surface area contributed by atoms with Crippen molar-refractivity contribution in [2.24, 2.45) is 0 Å². The van der Waals surface area contributed by atoms with Gasteiger partial charge in [-0.1, -0.05) is 13.0 Å². The second-order valence-corrected chi connectivity index (χ2v) is 4.00. The van der Waals surface area contributed by atoms with Crippen LogP contribution in [0.2, 0.25) is 0 Å². The number of carbonyl (C=O) groups is 1. The summed E-state index contributed by atoms with van der Waals surface area (Å²) in [4.78, 5) is 11.0. The molecule has 0 bridgehead atoms. The van der Waals surface area contributed by atoms with Crippen LogP contribution in [0.3, 0.4) is 0 Å². The molecule has 2 rings (SSSR count). The van der Waals surface area contributed by atoms with Crippen LogP contribution in [-0.2, 0) is 11.2 Å².